The molecule has 1 aliphatic heterocycles. The third-order valence-electron chi connectivity index (χ3n) is 3.20. The minimum atomic E-state index is -2.97. The predicted molar refractivity (Wildman–Crippen MR) is 63.4 cm³/mol. The van der Waals surface area contributed by atoms with Crippen LogP contribution < -0.4 is 5.32 Å². The fourth-order valence-corrected chi connectivity index (χ4v) is 3.45. The first kappa shape index (κ1) is 12.8. The van der Waals surface area contributed by atoms with E-state index in [2.05, 4.69) is 5.32 Å². The predicted octanol–water partition coefficient (Wildman–Crippen LogP) is 0.106. The Morgan fingerprint density at radius 1 is 1.35 bits per heavy atom. The van der Waals surface area contributed by atoms with Crippen molar-refractivity contribution in [1.82, 2.24) is 5.32 Å². The number of rotatable bonds is 5. The Balaban J connectivity index is 1.66. The number of hydrogen-bond acceptors (Lipinski definition) is 5. The zero-order chi connectivity index (χ0) is 12.3. The van der Waals surface area contributed by atoms with Crippen molar-refractivity contribution in [3.8, 4) is 0 Å². The second-order valence-electron chi connectivity index (χ2n) is 4.92. The average molecular weight is 261 g/mol. The van der Waals surface area contributed by atoms with Crippen molar-refractivity contribution in [1.29, 1.82) is 0 Å². The first-order valence-electron chi connectivity index (χ1n) is 6.14. The van der Waals surface area contributed by atoms with Crippen LogP contribution in [0.4, 0.5) is 0 Å². The molecule has 0 spiro atoms. The molecule has 6 heteroatoms. The molecular formula is C11H19NO4S. The van der Waals surface area contributed by atoms with Crippen LogP contribution in [-0.4, -0.2) is 45.1 Å². The van der Waals surface area contributed by atoms with Crippen LogP contribution in [0.2, 0.25) is 0 Å². The van der Waals surface area contributed by atoms with Crippen molar-refractivity contribution in [2.24, 2.45) is 5.92 Å². The maximum Gasteiger partial charge on any atom is 0.307 e. The molecule has 1 heterocycles. The van der Waals surface area contributed by atoms with E-state index in [0.717, 1.165) is 12.3 Å². The highest BCUT2D eigenvalue weighted by Gasteiger charge is 2.27. The molecule has 2 aliphatic rings. The molecule has 2 rings (SSSR count). The van der Waals surface area contributed by atoms with E-state index >= 15 is 0 Å². The summed E-state index contributed by atoms with van der Waals surface area (Å²) in [6, 6.07) is -0.276. The van der Waals surface area contributed by atoms with Crippen molar-refractivity contribution in [2.45, 2.75) is 31.7 Å². The van der Waals surface area contributed by atoms with E-state index in [9.17, 15) is 13.2 Å². The van der Waals surface area contributed by atoms with Crippen molar-refractivity contribution in [2.75, 3.05) is 24.7 Å². The van der Waals surface area contributed by atoms with Gasteiger partial charge in [-0.05, 0) is 12.3 Å². The molecule has 0 amide bonds. The molecule has 98 valence electrons. The summed E-state index contributed by atoms with van der Waals surface area (Å²) in [5, 5.41) is 3.04. The van der Waals surface area contributed by atoms with Gasteiger partial charge in [-0.15, -0.1) is 0 Å². The topological polar surface area (TPSA) is 72.5 Å². The van der Waals surface area contributed by atoms with Gasteiger partial charge >= 0.3 is 5.97 Å². The number of nitrogens with one attached hydrogen (secondary N) is 1. The van der Waals surface area contributed by atoms with Gasteiger partial charge in [-0.25, -0.2) is 8.42 Å². The first-order valence-corrected chi connectivity index (χ1v) is 7.97. The molecule has 0 radical (unpaired) electrons. The van der Waals surface area contributed by atoms with Gasteiger partial charge in [-0.1, -0.05) is 12.8 Å². The van der Waals surface area contributed by atoms with E-state index < -0.39 is 9.84 Å². The van der Waals surface area contributed by atoms with Crippen LogP contribution in [0.3, 0.4) is 0 Å². The van der Waals surface area contributed by atoms with E-state index in [4.69, 9.17) is 4.74 Å². The largest absolute Gasteiger partial charge is 0.466 e. The molecule has 0 aromatic rings. The van der Waals surface area contributed by atoms with Crippen molar-refractivity contribution in [3.05, 3.63) is 0 Å². The average Bonchev–Trinajstić information content (AvgIpc) is 2.99. The van der Waals surface area contributed by atoms with Gasteiger partial charge in [0.25, 0.3) is 0 Å². The smallest absolute Gasteiger partial charge is 0.307 e. The minimum Gasteiger partial charge on any atom is -0.466 e. The van der Waals surface area contributed by atoms with Gasteiger partial charge in [0.05, 0.1) is 24.5 Å². The normalized spacial score (nSPS) is 27.6. The summed E-state index contributed by atoms with van der Waals surface area (Å²) in [6.07, 6.45) is 3.60. The minimum absolute atomic E-state index is 0.0464. The summed E-state index contributed by atoms with van der Waals surface area (Å²) in [4.78, 5) is 11.5. The Morgan fingerprint density at radius 2 is 2.12 bits per heavy atom. The summed E-state index contributed by atoms with van der Waals surface area (Å²) in [7, 11) is -2.97. The van der Waals surface area contributed by atoms with Crippen molar-refractivity contribution >= 4 is 15.8 Å². The highest BCUT2D eigenvalue weighted by atomic mass is 32.2. The third-order valence-corrected chi connectivity index (χ3v) is 4.94. The quantitative estimate of drug-likeness (QED) is 0.711. The van der Waals surface area contributed by atoms with Crippen LogP contribution in [-0.2, 0) is 19.4 Å². The lowest BCUT2D eigenvalue weighted by molar-refractivity contribution is -0.144. The van der Waals surface area contributed by atoms with Crippen LogP contribution in [0, 0.1) is 5.92 Å². The molecule has 17 heavy (non-hydrogen) atoms. The number of hydrogen-bond donors (Lipinski definition) is 1. The third kappa shape index (κ3) is 4.63. The number of carbonyl (C=O) groups excluding carboxylic acids is 1. The fourth-order valence-electron chi connectivity index (χ4n) is 2.00. The monoisotopic (exact) mass is 261 g/mol. The summed E-state index contributed by atoms with van der Waals surface area (Å²) >= 11 is 0. The molecule has 1 unspecified atom stereocenters. The second-order valence-corrected chi connectivity index (χ2v) is 7.15. The first-order chi connectivity index (χ1) is 8.05. The lowest BCUT2D eigenvalue weighted by Gasteiger charge is -2.22. The second kappa shape index (κ2) is 5.35. The standard InChI is InChI=1S/C11H19NO4S/c13-11(16-5-3-9-1-2-9)7-10-8-17(14,15)6-4-12-10/h9-10,12H,1-8H2. The Labute approximate surface area is 102 Å². The SMILES string of the molecule is O=C(CC1CS(=O)(=O)CCN1)OCCC1CC1. The molecule has 1 aliphatic carbocycles. The Morgan fingerprint density at radius 3 is 2.76 bits per heavy atom. The zero-order valence-corrected chi connectivity index (χ0v) is 10.7. The number of carbonyl (C=O) groups is 1. The summed E-state index contributed by atoms with van der Waals surface area (Å²) in [6.45, 7) is 0.908. The Hall–Kier alpha value is -0.620. The van der Waals surface area contributed by atoms with Gasteiger partial charge in [0.2, 0.25) is 0 Å². The summed E-state index contributed by atoms with van der Waals surface area (Å²) in [5.74, 6) is 0.668. The van der Waals surface area contributed by atoms with E-state index in [1.54, 1.807) is 0 Å². The summed E-state index contributed by atoms with van der Waals surface area (Å²) in [5.41, 5.74) is 0. The number of esters is 1. The Kier molecular flexibility index (Phi) is 4.04. The lowest BCUT2D eigenvalue weighted by atomic mass is 10.2. The molecule has 0 bridgehead atoms. The number of ether oxygens (including phenoxy) is 1. The van der Waals surface area contributed by atoms with Crippen LogP contribution in [0.25, 0.3) is 0 Å². The van der Waals surface area contributed by atoms with Gasteiger partial charge in [0.15, 0.2) is 9.84 Å². The Bertz CT molecular complexity index is 375. The number of sulfone groups is 1. The van der Waals surface area contributed by atoms with E-state index in [0.29, 0.717) is 13.2 Å². The highest BCUT2D eigenvalue weighted by molar-refractivity contribution is 7.91. The molecule has 1 saturated heterocycles. The van der Waals surface area contributed by atoms with Gasteiger partial charge in [-0.3, -0.25) is 4.79 Å². The van der Waals surface area contributed by atoms with E-state index in [1.807, 2.05) is 0 Å². The lowest BCUT2D eigenvalue weighted by Crippen LogP contribution is -2.46. The van der Waals surface area contributed by atoms with E-state index in [1.165, 1.54) is 12.8 Å². The van der Waals surface area contributed by atoms with Crippen LogP contribution >= 0.6 is 0 Å². The molecule has 1 N–H and O–H groups in total. The molecule has 2 fully saturated rings. The molecule has 0 aromatic heterocycles. The highest BCUT2D eigenvalue weighted by Crippen LogP contribution is 2.32. The molecule has 5 nitrogen and oxygen atoms in total. The van der Waals surface area contributed by atoms with Gasteiger partial charge in [-0.2, -0.15) is 0 Å². The maximum atomic E-state index is 11.5. The summed E-state index contributed by atoms with van der Waals surface area (Å²) < 4.78 is 27.8. The van der Waals surface area contributed by atoms with Crippen molar-refractivity contribution in [3.63, 3.8) is 0 Å². The van der Waals surface area contributed by atoms with Gasteiger partial charge in [0.1, 0.15) is 0 Å². The van der Waals surface area contributed by atoms with Gasteiger partial charge in [0, 0.05) is 12.6 Å². The molecular weight excluding hydrogens is 242 g/mol. The van der Waals surface area contributed by atoms with Crippen LogP contribution in [0.5, 0.6) is 0 Å². The molecule has 0 aromatic carbocycles. The zero-order valence-electron chi connectivity index (χ0n) is 9.85. The van der Waals surface area contributed by atoms with Crippen LogP contribution in [0.1, 0.15) is 25.7 Å². The van der Waals surface area contributed by atoms with E-state index in [-0.39, 0.29) is 29.9 Å². The van der Waals surface area contributed by atoms with Crippen LogP contribution in [0.15, 0.2) is 0 Å². The van der Waals surface area contributed by atoms with Crippen molar-refractivity contribution < 1.29 is 17.9 Å². The van der Waals surface area contributed by atoms with Gasteiger partial charge < -0.3 is 10.1 Å². The maximum absolute atomic E-state index is 11.5. The molecule has 1 atom stereocenters. The molecule has 1 saturated carbocycles. The fraction of sp³-hybridized carbons (Fsp3) is 0.909.